The van der Waals surface area contributed by atoms with Crippen LogP contribution in [0.3, 0.4) is 0 Å². The zero-order valence-electron chi connectivity index (χ0n) is 13.7. The summed E-state index contributed by atoms with van der Waals surface area (Å²) < 4.78 is 0. The van der Waals surface area contributed by atoms with Crippen LogP contribution in [0, 0.1) is 5.92 Å². The van der Waals surface area contributed by atoms with E-state index in [1.807, 2.05) is 0 Å². The van der Waals surface area contributed by atoms with E-state index in [2.05, 4.69) is 17.6 Å². The maximum atomic E-state index is 12.6. The highest BCUT2D eigenvalue weighted by molar-refractivity contribution is 5.92. The number of aliphatic hydroxyl groups excluding tert-OH is 1. The average molecular weight is 310 g/mol. The molecule has 5 nitrogen and oxygen atoms in total. The van der Waals surface area contributed by atoms with Crippen LogP contribution in [0.15, 0.2) is 0 Å². The number of aliphatic hydroxyl groups is 1. The molecule has 0 aromatic rings. The monoisotopic (exact) mass is 310 g/mol. The lowest BCUT2D eigenvalue weighted by molar-refractivity contribution is -0.138. The second kappa shape index (κ2) is 7.95. The van der Waals surface area contributed by atoms with Crippen molar-refractivity contribution in [2.45, 2.75) is 82.8 Å². The van der Waals surface area contributed by atoms with Crippen LogP contribution in [0.1, 0.15) is 71.1 Å². The molecule has 2 aliphatic carbocycles. The van der Waals surface area contributed by atoms with Gasteiger partial charge in [0, 0.05) is 6.54 Å². The van der Waals surface area contributed by atoms with Crippen molar-refractivity contribution in [1.29, 1.82) is 0 Å². The molecule has 0 saturated heterocycles. The smallest absolute Gasteiger partial charge is 0.245 e. The molecule has 2 unspecified atom stereocenters. The van der Waals surface area contributed by atoms with Gasteiger partial charge in [0.05, 0.1) is 12.0 Å². The third kappa shape index (κ3) is 4.00. The van der Waals surface area contributed by atoms with Gasteiger partial charge in [-0.05, 0) is 38.5 Å². The van der Waals surface area contributed by atoms with Crippen molar-refractivity contribution >= 4 is 11.8 Å². The number of hydrogen-bond acceptors (Lipinski definition) is 3. The molecule has 0 heterocycles. The van der Waals surface area contributed by atoms with Crippen molar-refractivity contribution in [2.24, 2.45) is 5.92 Å². The van der Waals surface area contributed by atoms with Gasteiger partial charge in [-0.25, -0.2) is 0 Å². The van der Waals surface area contributed by atoms with Crippen molar-refractivity contribution in [3.63, 3.8) is 0 Å². The summed E-state index contributed by atoms with van der Waals surface area (Å²) in [6.07, 6.45) is 8.20. The van der Waals surface area contributed by atoms with Crippen molar-refractivity contribution in [3.05, 3.63) is 0 Å². The molecule has 2 amide bonds. The molecule has 0 aromatic carbocycles. The van der Waals surface area contributed by atoms with Crippen molar-refractivity contribution in [3.8, 4) is 0 Å². The molecule has 2 saturated carbocycles. The van der Waals surface area contributed by atoms with Gasteiger partial charge in [0.2, 0.25) is 11.8 Å². The molecule has 126 valence electrons. The largest absolute Gasteiger partial charge is 0.392 e. The fraction of sp³-hybridized carbons (Fsp3) is 0.882. The van der Waals surface area contributed by atoms with E-state index in [1.165, 1.54) is 0 Å². The Bertz CT molecular complexity index is 391. The molecule has 3 N–H and O–H groups in total. The zero-order valence-corrected chi connectivity index (χ0v) is 13.7. The van der Waals surface area contributed by atoms with E-state index in [9.17, 15) is 14.7 Å². The fourth-order valence-electron chi connectivity index (χ4n) is 3.69. The van der Waals surface area contributed by atoms with Crippen molar-refractivity contribution in [2.75, 3.05) is 6.54 Å². The molecule has 0 bridgehead atoms. The van der Waals surface area contributed by atoms with Gasteiger partial charge in [-0.2, -0.15) is 0 Å². The molecule has 2 atom stereocenters. The topological polar surface area (TPSA) is 78.4 Å². The highest BCUT2D eigenvalue weighted by atomic mass is 16.3. The highest BCUT2D eigenvalue weighted by Gasteiger charge is 2.43. The number of unbranched alkanes of at least 4 members (excludes halogenated alkanes) is 1. The molecule has 2 rings (SSSR count). The summed E-state index contributed by atoms with van der Waals surface area (Å²) in [4.78, 5) is 25.2. The van der Waals surface area contributed by atoms with Crippen LogP contribution in [0.2, 0.25) is 0 Å². The molecule has 0 aromatic heterocycles. The Kier molecular flexibility index (Phi) is 6.24. The molecule has 0 aliphatic heterocycles. The lowest BCUT2D eigenvalue weighted by Crippen LogP contribution is -2.61. The Morgan fingerprint density at radius 1 is 1.14 bits per heavy atom. The van der Waals surface area contributed by atoms with Gasteiger partial charge in [0.15, 0.2) is 0 Å². The predicted octanol–water partition coefficient (Wildman–Crippen LogP) is 1.88. The maximum Gasteiger partial charge on any atom is 0.245 e. The SMILES string of the molecule is CCCCNC(=O)C1(NC(=O)C2CCCC2O)CCCCC1. The van der Waals surface area contributed by atoms with Crippen molar-refractivity contribution < 1.29 is 14.7 Å². The second-order valence-corrected chi connectivity index (χ2v) is 6.85. The quantitative estimate of drug-likeness (QED) is 0.656. The van der Waals surface area contributed by atoms with Gasteiger partial charge in [-0.15, -0.1) is 0 Å². The lowest BCUT2D eigenvalue weighted by Gasteiger charge is -2.37. The van der Waals surface area contributed by atoms with Crippen LogP contribution in [0.25, 0.3) is 0 Å². The Balaban J connectivity index is 2.01. The molecular weight excluding hydrogens is 280 g/mol. The van der Waals surface area contributed by atoms with Crippen molar-refractivity contribution in [1.82, 2.24) is 10.6 Å². The molecule has 22 heavy (non-hydrogen) atoms. The van der Waals surface area contributed by atoms with E-state index >= 15 is 0 Å². The minimum atomic E-state index is -0.759. The maximum absolute atomic E-state index is 12.6. The summed E-state index contributed by atoms with van der Waals surface area (Å²) in [6.45, 7) is 2.75. The number of carbonyl (C=O) groups excluding carboxylic acids is 2. The highest BCUT2D eigenvalue weighted by Crippen LogP contribution is 2.31. The second-order valence-electron chi connectivity index (χ2n) is 6.85. The summed E-state index contributed by atoms with van der Waals surface area (Å²) in [6, 6.07) is 0. The minimum Gasteiger partial charge on any atom is -0.392 e. The number of hydrogen-bond donors (Lipinski definition) is 3. The standard InChI is InChI=1S/C17H30N2O3/c1-2-3-12-18-16(22)17(10-5-4-6-11-17)19-15(21)13-8-7-9-14(13)20/h13-14,20H,2-12H2,1H3,(H,18,22)(H,19,21). The molecule has 0 radical (unpaired) electrons. The Morgan fingerprint density at radius 2 is 1.86 bits per heavy atom. The van der Waals surface area contributed by atoms with Crippen LogP contribution in [-0.2, 0) is 9.59 Å². The van der Waals surface area contributed by atoms with Crippen LogP contribution >= 0.6 is 0 Å². The fourth-order valence-corrected chi connectivity index (χ4v) is 3.69. The number of rotatable bonds is 6. The summed E-state index contributed by atoms with van der Waals surface area (Å²) in [5.74, 6) is -0.527. The minimum absolute atomic E-state index is 0.0403. The van der Waals surface area contributed by atoms with Crippen LogP contribution in [0.5, 0.6) is 0 Å². The van der Waals surface area contributed by atoms with Crippen LogP contribution in [0.4, 0.5) is 0 Å². The summed E-state index contributed by atoms with van der Waals surface area (Å²) in [7, 11) is 0. The van der Waals surface area contributed by atoms with E-state index in [-0.39, 0.29) is 17.7 Å². The van der Waals surface area contributed by atoms with E-state index in [1.54, 1.807) is 0 Å². The first-order chi connectivity index (χ1) is 10.6. The van der Waals surface area contributed by atoms with Gasteiger partial charge in [-0.1, -0.05) is 32.6 Å². The normalized spacial score (nSPS) is 27.4. The number of nitrogens with one attached hydrogen (secondary N) is 2. The molecular formula is C17H30N2O3. The first-order valence-corrected chi connectivity index (χ1v) is 8.87. The van der Waals surface area contributed by atoms with E-state index < -0.39 is 11.6 Å². The van der Waals surface area contributed by atoms with E-state index in [0.29, 0.717) is 25.8 Å². The summed E-state index contributed by atoms with van der Waals surface area (Å²) in [5.41, 5.74) is -0.759. The van der Waals surface area contributed by atoms with Gasteiger partial charge >= 0.3 is 0 Å². The molecule has 2 aliphatic rings. The molecule has 0 spiro atoms. The average Bonchev–Trinajstić information content (AvgIpc) is 2.94. The zero-order chi connectivity index (χ0) is 16.0. The van der Waals surface area contributed by atoms with Crippen LogP contribution in [-0.4, -0.2) is 35.1 Å². The van der Waals surface area contributed by atoms with Gasteiger partial charge in [-0.3, -0.25) is 9.59 Å². The lowest BCUT2D eigenvalue weighted by atomic mass is 9.80. The number of carbonyl (C=O) groups is 2. The van der Waals surface area contributed by atoms with E-state index in [0.717, 1.165) is 44.9 Å². The summed E-state index contributed by atoms with van der Waals surface area (Å²) in [5, 5.41) is 15.9. The van der Waals surface area contributed by atoms with Crippen LogP contribution < -0.4 is 10.6 Å². The molecule has 5 heteroatoms. The summed E-state index contributed by atoms with van der Waals surface area (Å²) >= 11 is 0. The first kappa shape index (κ1) is 17.3. The predicted molar refractivity (Wildman–Crippen MR) is 85.2 cm³/mol. The Labute approximate surface area is 133 Å². The van der Waals surface area contributed by atoms with Gasteiger partial charge < -0.3 is 15.7 Å². The Hall–Kier alpha value is -1.10. The van der Waals surface area contributed by atoms with Gasteiger partial charge in [0.1, 0.15) is 5.54 Å². The number of amides is 2. The Morgan fingerprint density at radius 3 is 2.45 bits per heavy atom. The third-order valence-corrected chi connectivity index (χ3v) is 5.14. The van der Waals surface area contributed by atoms with Gasteiger partial charge in [0.25, 0.3) is 0 Å². The third-order valence-electron chi connectivity index (χ3n) is 5.14. The molecule has 2 fully saturated rings. The first-order valence-electron chi connectivity index (χ1n) is 8.87. The van der Waals surface area contributed by atoms with E-state index in [4.69, 9.17) is 0 Å².